The topological polar surface area (TPSA) is 46.5 Å². The Morgan fingerprint density at radius 1 is 1.47 bits per heavy atom. The summed E-state index contributed by atoms with van der Waals surface area (Å²) in [5, 5.41) is 8.69. The zero-order chi connectivity index (χ0) is 11.3. The van der Waals surface area contributed by atoms with Crippen LogP contribution in [0.25, 0.3) is 5.57 Å². The van der Waals surface area contributed by atoms with Gasteiger partial charge in [-0.05, 0) is 23.3 Å². The fraction of sp³-hybridized carbons (Fsp3) is 0.182. The van der Waals surface area contributed by atoms with Crippen molar-refractivity contribution in [2.45, 2.75) is 0 Å². The molecule has 1 aromatic rings. The predicted molar refractivity (Wildman–Crippen MR) is 61.6 cm³/mol. The second-order valence-corrected chi connectivity index (χ2v) is 3.86. The monoisotopic (exact) mass is 270 g/mol. The molecule has 0 saturated carbocycles. The smallest absolute Gasteiger partial charge is 0.328 e. The third-order valence-electron chi connectivity index (χ3n) is 1.81. The maximum absolute atomic E-state index is 10.6. The highest BCUT2D eigenvalue weighted by Crippen LogP contribution is 2.18. The molecule has 0 atom stereocenters. The third-order valence-corrected chi connectivity index (χ3v) is 2.34. The second-order valence-electron chi connectivity index (χ2n) is 2.95. The standard InChI is InChI=1S/C11H11BrO3/c1-15-7-9(6-11(13)14)8-2-4-10(12)5-3-8/h2-6H,7H2,1H3,(H,13,14)/b9-6+. The zero-order valence-electron chi connectivity index (χ0n) is 8.24. The van der Waals surface area contributed by atoms with Gasteiger partial charge in [-0.3, -0.25) is 0 Å². The van der Waals surface area contributed by atoms with Crippen molar-refractivity contribution in [3.05, 3.63) is 40.4 Å². The molecule has 1 aromatic carbocycles. The van der Waals surface area contributed by atoms with Crippen LogP contribution in [-0.4, -0.2) is 24.8 Å². The summed E-state index contributed by atoms with van der Waals surface area (Å²) in [6.07, 6.45) is 1.16. The van der Waals surface area contributed by atoms with Crippen LogP contribution < -0.4 is 0 Å². The van der Waals surface area contributed by atoms with E-state index in [-0.39, 0.29) is 6.61 Å². The lowest BCUT2D eigenvalue weighted by Crippen LogP contribution is -1.98. The minimum atomic E-state index is -0.968. The molecule has 1 rings (SSSR count). The van der Waals surface area contributed by atoms with Gasteiger partial charge in [0.15, 0.2) is 0 Å². The summed E-state index contributed by atoms with van der Waals surface area (Å²) < 4.78 is 5.90. The van der Waals surface area contributed by atoms with Crippen LogP contribution >= 0.6 is 15.9 Å². The Kier molecular flexibility index (Phi) is 4.52. The van der Waals surface area contributed by atoms with Gasteiger partial charge in [-0.2, -0.15) is 0 Å². The lowest BCUT2D eigenvalue weighted by atomic mass is 10.1. The molecule has 4 heteroatoms. The predicted octanol–water partition coefficient (Wildman–Crippen LogP) is 2.56. The van der Waals surface area contributed by atoms with Crippen molar-refractivity contribution in [3.8, 4) is 0 Å². The molecule has 1 N–H and O–H groups in total. The molecule has 0 saturated heterocycles. The number of benzene rings is 1. The molecule has 0 fully saturated rings. The second kappa shape index (κ2) is 5.68. The van der Waals surface area contributed by atoms with E-state index in [1.165, 1.54) is 7.11 Å². The van der Waals surface area contributed by atoms with Crippen LogP contribution in [0.15, 0.2) is 34.8 Å². The van der Waals surface area contributed by atoms with E-state index >= 15 is 0 Å². The maximum atomic E-state index is 10.6. The number of rotatable bonds is 4. The van der Waals surface area contributed by atoms with Crippen LogP contribution in [0.5, 0.6) is 0 Å². The molecule has 0 spiro atoms. The largest absolute Gasteiger partial charge is 0.478 e. The van der Waals surface area contributed by atoms with E-state index < -0.39 is 5.97 Å². The average molecular weight is 271 g/mol. The number of methoxy groups -OCH3 is 1. The summed E-state index contributed by atoms with van der Waals surface area (Å²) in [6, 6.07) is 7.41. The highest BCUT2D eigenvalue weighted by molar-refractivity contribution is 9.10. The number of ether oxygens (including phenoxy) is 1. The number of carboxylic acid groups (broad SMARTS) is 1. The van der Waals surface area contributed by atoms with E-state index in [2.05, 4.69) is 15.9 Å². The SMILES string of the molecule is COC/C(=C\C(=O)O)c1ccc(Br)cc1. The number of hydrogen-bond acceptors (Lipinski definition) is 2. The van der Waals surface area contributed by atoms with Gasteiger partial charge in [0.05, 0.1) is 6.61 Å². The van der Waals surface area contributed by atoms with Crippen LogP contribution in [0.3, 0.4) is 0 Å². The van der Waals surface area contributed by atoms with Gasteiger partial charge < -0.3 is 9.84 Å². The third kappa shape index (κ3) is 3.85. The molecule has 0 aliphatic heterocycles. The first kappa shape index (κ1) is 11.9. The molecule has 0 bridgehead atoms. The van der Waals surface area contributed by atoms with Gasteiger partial charge in [-0.25, -0.2) is 4.79 Å². The van der Waals surface area contributed by atoms with Gasteiger partial charge in [0.2, 0.25) is 0 Å². The fourth-order valence-corrected chi connectivity index (χ4v) is 1.44. The van der Waals surface area contributed by atoms with E-state index in [1.54, 1.807) is 0 Å². The van der Waals surface area contributed by atoms with Crippen LogP contribution in [0.4, 0.5) is 0 Å². The summed E-state index contributed by atoms with van der Waals surface area (Å²) >= 11 is 3.32. The Labute approximate surface area is 96.5 Å². The van der Waals surface area contributed by atoms with Gasteiger partial charge in [0.25, 0.3) is 0 Å². The molecular formula is C11H11BrO3. The molecular weight excluding hydrogens is 260 g/mol. The van der Waals surface area contributed by atoms with E-state index in [4.69, 9.17) is 9.84 Å². The molecule has 0 unspecified atom stereocenters. The van der Waals surface area contributed by atoms with Gasteiger partial charge in [-0.15, -0.1) is 0 Å². The van der Waals surface area contributed by atoms with Crippen molar-refractivity contribution in [2.24, 2.45) is 0 Å². The highest BCUT2D eigenvalue weighted by Gasteiger charge is 2.03. The molecule has 3 nitrogen and oxygen atoms in total. The van der Waals surface area contributed by atoms with E-state index in [9.17, 15) is 4.79 Å². The highest BCUT2D eigenvalue weighted by atomic mass is 79.9. The van der Waals surface area contributed by atoms with Crippen LogP contribution in [0, 0.1) is 0 Å². The summed E-state index contributed by atoms with van der Waals surface area (Å²) in [7, 11) is 1.54. The van der Waals surface area contributed by atoms with Crippen molar-refractivity contribution >= 4 is 27.5 Å². The minimum Gasteiger partial charge on any atom is -0.478 e. The number of carbonyl (C=O) groups is 1. The van der Waals surface area contributed by atoms with E-state index in [0.717, 1.165) is 16.1 Å². The molecule has 0 aromatic heterocycles. The quantitative estimate of drug-likeness (QED) is 0.856. The van der Waals surface area contributed by atoms with Gasteiger partial charge in [-0.1, -0.05) is 28.1 Å². The lowest BCUT2D eigenvalue weighted by molar-refractivity contribution is -0.131. The van der Waals surface area contributed by atoms with Crippen molar-refractivity contribution in [3.63, 3.8) is 0 Å². The molecule has 80 valence electrons. The normalized spacial score (nSPS) is 11.5. The molecule has 0 heterocycles. The number of carboxylic acids is 1. The van der Waals surface area contributed by atoms with Crippen LogP contribution in [-0.2, 0) is 9.53 Å². The fourth-order valence-electron chi connectivity index (χ4n) is 1.18. The molecule has 0 amide bonds. The summed E-state index contributed by atoms with van der Waals surface area (Å²) in [5.74, 6) is -0.968. The summed E-state index contributed by atoms with van der Waals surface area (Å²) in [5.41, 5.74) is 1.50. The Morgan fingerprint density at radius 3 is 2.53 bits per heavy atom. The summed E-state index contributed by atoms with van der Waals surface area (Å²) in [4.78, 5) is 10.6. The molecule has 0 aliphatic carbocycles. The van der Waals surface area contributed by atoms with Gasteiger partial charge in [0, 0.05) is 17.7 Å². The first-order valence-corrected chi connectivity index (χ1v) is 5.11. The minimum absolute atomic E-state index is 0.286. The molecule has 0 aliphatic rings. The van der Waals surface area contributed by atoms with Crippen molar-refractivity contribution in [1.82, 2.24) is 0 Å². The average Bonchev–Trinajstić information content (AvgIpc) is 2.17. The first-order valence-electron chi connectivity index (χ1n) is 4.32. The van der Waals surface area contributed by atoms with Crippen molar-refractivity contribution < 1.29 is 14.6 Å². The Balaban J connectivity index is 2.99. The first-order chi connectivity index (χ1) is 7.13. The number of hydrogen-bond donors (Lipinski definition) is 1. The number of aliphatic carboxylic acids is 1. The van der Waals surface area contributed by atoms with Crippen molar-refractivity contribution in [2.75, 3.05) is 13.7 Å². The van der Waals surface area contributed by atoms with Gasteiger partial charge >= 0.3 is 5.97 Å². The number of halogens is 1. The van der Waals surface area contributed by atoms with Crippen molar-refractivity contribution in [1.29, 1.82) is 0 Å². The van der Waals surface area contributed by atoms with E-state index in [1.807, 2.05) is 24.3 Å². The maximum Gasteiger partial charge on any atom is 0.328 e. The Morgan fingerprint density at radius 2 is 2.07 bits per heavy atom. The molecule has 15 heavy (non-hydrogen) atoms. The van der Waals surface area contributed by atoms with E-state index in [0.29, 0.717) is 5.57 Å². The Bertz CT molecular complexity index is 368. The van der Waals surface area contributed by atoms with Crippen LogP contribution in [0.1, 0.15) is 5.56 Å². The lowest BCUT2D eigenvalue weighted by Gasteiger charge is -2.05. The van der Waals surface area contributed by atoms with Gasteiger partial charge in [0.1, 0.15) is 0 Å². The summed E-state index contributed by atoms with van der Waals surface area (Å²) in [6.45, 7) is 0.286. The van der Waals surface area contributed by atoms with Crippen LogP contribution in [0.2, 0.25) is 0 Å². The molecule has 0 radical (unpaired) electrons. The zero-order valence-corrected chi connectivity index (χ0v) is 9.82. The Hall–Kier alpha value is -1.13.